The van der Waals surface area contributed by atoms with E-state index >= 15 is 0 Å². The molecule has 0 fully saturated rings. The number of hydrogen-bond acceptors (Lipinski definition) is 5. The summed E-state index contributed by atoms with van der Waals surface area (Å²) in [5, 5.41) is 26.6. The van der Waals surface area contributed by atoms with Crippen molar-refractivity contribution in [1.82, 2.24) is 14.8 Å². The summed E-state index contributed by atoms with van der Waals surface area (Å²) in [7, 11) is 0. The number of rotatable bonds is 1. The van der Waals surface area contributed by atoms with Gasteiger partial charge in [-0.2, -0.15) is 0 Å². The van der Waals surface area contributed by atoms with Crippen LogP contribution >= 0.6 is 23.2 Å². The summed E-state index contributed by atoms with van der Waals surface area (Å²) in [6.45, 7) is 0.177. The van der Waals surface area contributed by atoms with Crippen molar-refractivity contribution in [3.05, 3.63) is 23.5 Å². The molecular formula is C13H12Cl2N4O3. The Morgan fingerprint density at radius 1 is 1.27 bits per heavy atom. The number of carbonyl (C=O) groups excluding carboxylic acids is 1. The van der Waals surface area contributed by atoms with E-state index in [9.17, 15) is 15.0 Å². The van der Waals surface area contributed by atoms with E-state index in [1.807, 2.05) is 0 Å². The summed E-state index contributed by atoms with van der Waals surface area (Å²) < 4.78 is 1.43. The van der Waals surface area contributed by atoms with Crippen molar-refractivity contribution in [2.45, 2.75) is 23.7 Å². The summed E-state index contributed by atoms with van der Waals surface area (Å²) in [4.78, 5) is 11.5. The number of phenols is 2. The van der Waals surface area contributed by atoms with Gasteiger partial charge in [-0.15, -0.1) is 33.4 Å². The monoisotopic (exact) mass is 342 g/mol. The van der Waals surface area contributed by atoms with E-state index in [4.69, 9.17) is 28.9 Å². The van der Waals surface area contributed by atoms with Gasteiger partial charge in [0, 0.05) is 12.6 Å². The van der Waals surface area contributed by atoms with E-state index in [1.165, 1.54) is 16.7 Å². The molecule has 116 valence electrons. The number of benzene rings is 1. The number of nitrogens with zero attached hydrogens (tertiary/aromatic N) is 3. The molecule has 2 heterocycles. The Kier molecular flexibility index (Phi) is 3.62. The zero-order valence-electron chi connectivity index (χ0n) is 11.2. The third-order valence-corrected chi connectivity index (χ3v) is 4.57. The van der Waals surface area contributed by atoms with Crippen LogP contribution in [-0.4, -0.2) is 41.6 Å². The second kappa shape index (κ2) is 5.33. The Bertz CT molecular complexity index is 762. The smallest absolute Gasteiger partial charge is 0.286 e. The molecule has 1 aliphatic heterocycles. The molecule has 1 aromatic carbocycles. The van der Waals surface area contributed by atoms with Crippen LogP contribution in [0.5, 0.6) is 11.5 Å². The number of carbonyl (C=O) groups is 1. The van der Waals surface area contributed by atoms with Gasteiger partial charge in [0.25, 0.3) is 5.91 Å². The number of aromatic nitrogens is 3. The molecule has 0 aliphatic carbocycles. The van der Waals surface area contributed by atoms with Gasteiger partial charge in [0.05, 0.1) is 16.3 Å². The number of amides is 1. The summed E-state index contributed by atoms with van der Waals surface area (Å²) in [6.07, 6.45) is 0.325. The molecule has 2 aromatic rings. The molecule has 0 spiro atoms. The van der Waals surface area contributed by atoms with Crippen LogP contribution in [0.15, 0.2) is 12.1 Å². The summed E-state index contributed by atoms with van der Waals surface area (Å²) >= 11 is 12.5. The fourth-order valence-electron chi connectivity index (χ4n) is 2.56. The molecule has 4 N–H and O–H groups in total. The van der Waals surface area contributed by atoms with Gasteiger partial charge in [0.1, 0.15) is 11.5 Å². The van der Waals surface area contributed by atoms with E-state index in [-0.39, 0.29) is 29.7 Å². The van der Waals surface area contributed by atoms with Crippen molar-refractivity contribution >= 4 is 29.1 Å². The first kappa shape index (κ1) is 14.9. The van der Waals surface area contributed by atoms with Crippen LogP contribution in [0.25, 0.3) is 11.4 Å². The molecule has 2 unspecified atom stereocenters. The normalized spacial score (nSPS) is 20.6. The van der Waals surface area contributed by atoms with Crippen LogP contribution in [0, 0.1) is 0 Å². The highest BCUT2D eigenvalue weighted by atomic mass is 35.5. The van der Waals surface area contributed by atoms with E-state index in [1.54, 1.807) is 0 Å². The molecule has 1 amide bonds. The van der Waals surface area contributed by atoms with Gasteiger partial charge in [0.2, 0.25) is 5.82 Å². The van der Waals surface area contributed by atoms with E-state index in [0.29, 0.717) is 17.5 Å². The quantitative estimate of drug-likeness (QED) is 0.674. The van der Waals surface area contributed by atoms with Gasteiger partial charge in [-0.25, -0.2) is 0 Å². The second-order valence-electron chi connectivity index (χ2n) is 5.06. The lowest BCUT2D eigenvalue weighted by atomic mass is 9.97. The molecule has 1 aromatic heterocycles. The summed E-state index contributed by atoms with van der Waals surface area (Å²) in [5.74, 6) is -0.848. The zero-order chi connectivity index (χ0) is 16.0. The fourth-order valence-corrected chi connectivity index (χ4v) is 3.03. The van der Waals surface area contributed by atoms with Gasteiger partial charge in [-0.05, 0) is 18.1 Å². The van der Waals surface area contributed by atoms with Crippen molar-refractivity contribution in [3.8, 4) is 22.9 Å². The van der Waals surface area contributed by atoms with Gasteiger partial charge < -0.3 is 20.5 Å². The molecule has 22 heavy (non-hydrogen) atoms. The van der Waals surface area contributed by atoms with Gasteiger partial charge >= 0.3 is 0 Å². The molecule has 7 nitrogen and oxygen atoms in total. The van der Waals surface area contributed by atoms with Crippen LogP contribution in [0.1, 0.15) is 16.2 Å². The van der Waals surface area contributed by atoms with Crippen LogP contribution in [0.3, 0.4) is 0 Å². The summed E-state index contributed by atoms with van der Waals surface area (Å²) in [6, 6.07) is 2.66. The molecule has 9 heteroatoms. The van der Waals surface area contributed by atoms with Gasteiger partial charge in [0.15, 0.2) is 5.82 Å². The summed E-state index contributed by atoms with van der Waals surface area (Å²) in [5.41, 5.74) is 6.21. The van der Waals surface area contributed by atoms with Crippen LogP contribution in [0.2, 0.25) is 0 Å². The molecule has 0 radical (unpaired) electrons. The Morgan fingerprint density at radius 3 is 2.68 bits per heavy atom. The SMILES string of the molecule is NC(=O)c1nnc2n1CC(Cl)C(Cl)Cc1cc(O)cc(O)c1-2. The van der Waals surface area contributed by atoms with Crippen LogP contribution in [-0.2, 0) is 13.0 Å². The molecule has 0 saturated carbocycles. The topological polar surface area (TPSA) is 114 Å². The lowest BCUT2D eigenvalue weighted by molar-refractivity contribution is 0.0986. The van der Waals surface area contributed by atoms with Crippen LogP contribution < -0.4 is 5.73 Å². The number of alkyl halides is 2. The third-order valence-electron chi connectivity index (χ3n) is 3.54. The lowest BCUT2D eigenvalue weighted by Gasteiger charge is -2.23. The predicted molar refractivity (Wildman–Crippen MR) is 80.3 cm³/mol. The minimum atomic E-state index is -0.755. The minimum Gasteiger partial charge on any atom is -0.508 e. The number of aromatic hydroxyl groups is 2. The number of halogens is 2. The van der Waals surface area contributed by atoms with Crippen molar-refractivity contribution in [2.75, 3.05) is 0 Å². The first-order valence-corrected chi connectivity index (χ1v) is 7.32. The highest BCUT2D eigenvalue weighted by Crippen LogP contribution is 2.38. The first-order valence-electron chi connectivity index (χ1n) is 6.45. The van der Waals surface area contributed by atoms with Gasteiger partial charge in [-0.3, -0.25) is 4.79 Å². The highest BCUT2D eigenvalue weighted by Gasteiger charge is 2.30. The van der Waals surface area contributed by atoms with E-state index in [0.717, 1.165) is 0 Å². The van der Waals surface area contributed by atoms with Crippen LogP contribution in [0.4, 0.5) is 0 Å². The number of fused-ring (bicyclic) bond motifs is 3. The maximum Gasteiger partial charge on any atom is 0.286 e. The third kappa shape index (κ3) is 2.36. The standard InChI is InChI=1S/C13H12Cl2N4O3/c14-7-2-5-1-6(20)3-9(21)10(5)12-17-18-13(11(16)22)19(12)4-8(7)15/h1,3,7-8,20-21H,2,4H2,(H2,16,22). The molecule has 1 aliphatic rings. The predicted octanol–water partition coefficient (Wildman–Crippen LogP) is 1.23. The van der Waals surface area contributed by atoms with Gasteiger partial charge in [-0.1, -0.05) is 0 Å². The molecule has 3 rings (SSSR count). The Balaban J connectivity index is 2.30. The molecular weight excluding hydrogens is 331 g/mol. The average Bonchev–Trinajstić information content (AvgIpc) is 2.80. The van der Waals surface area contributed by atoms with Crippen molar-refractivity contribution < 1.29 is 15.0 Å². The maximum absolute atomic E-state index is 11.5. The second-order valence-corrected chi connectivity index (χ2v) is 6.18. The maximum atomic E-state index is 11.5. The number of nitrogens with two attached hydrogens (primary N) is 1. The minimum absolute atomic E-state index is 0.0650. The van der Waals surface area contributed by atoms with E-state index in [2.05, 4.69) is 10.2 Å². The lowest BCUT2D eigenvalue weighted by Crippen LogP contribution is -2.29. The largest absolute Gasteiger partial charge is 0.508 e. The number of primary amides is 1. The highest BCUT2D eigenvalue weighted by molar-refractivity contribution is 6.30. The number of phenolic OH excluding ortho intramolecular Hbond substituents is 2. The van der Waals surface area contributed by atoms with Crippen molar-refractivity contribution in [3.63, 3.8) is 0 Å². The van der Waals surface area contributed by atoms with E-state index < -0.39 is 16.7 Å². The molecule has 0 bridgehead atoms. The number of hydrogen-bond donors (Lipinski definition) is 3. The fraction of sp³-hybridized carbons (Fsp3) is 0.308. The molecule has 0 saturated heterocycles. The molecule has 2 atom stereocenters. The Hall–Kier alpha value is -1.99. The van der Waals surface area contributed by atoms with Crippen molar-refractivity contribution in [2.24, 2.45) is 5.73 Å². The first-order chi connectivity index (χ1) is 10.4. The zero-order valence-corrected chi connectivity index (χ0v) is 12.7. The van der Waals surface area contributed by atoms with Crippen molar-refractivity contribution in [1.29, 1.82) is 0 Å². The average molecular weight is 343 g/mol. The Morgan fingerprint density at radius 2 is 2.00 bits per heavy atom. The Labute approximate surface area is 135 Å².